The van der Waals surface area contributed by atoms with Crippen LogP contribution in [0.4, 0.5) is 0 Å². The van der Waals surface area contributed by atoms with Crippen LogP contribution < -0.4 is 5.32 Å². The number of piperidine rings is 1. The number of rotatable bonds is 2. The van der Waals surface area contributed by atoms with Crippen molar-refractivity contribution in [3.8, 4) is 0 Å². The monoisotopic (exact) mass is 231 g/mol. The van der Waals surface area contributed by atoms with Gasteiger partial charge in [0.2, 0.25) is 0 Å². The zero-order chi connectivity index (χ0) is 12.3. The maximum absolute atomic E-state index is 3.56. The highest BCUT2D eigenvalue weighted by Gasteiger charge is 2.33. The molecule has 0 aliphatic carbocycles. The second-order valence-corrected chi connectivity index (χ2v) is 6.42. The number of hydrogen-bond acceptors (Lipinski definition) is 1. The SMILES string of the molecule is CC(C)(C)C1CCNC[C@@H]1Cc1ccccc1. The summed E-state index contributed by atoms with van der Waals surface area (Å²) in [4.78, 5) is 0. The molecule has 1 aliphatic rings. The predicted molar refractivity (Wildman–Crippen MR) is 74.1 cm³/mol. The van der Waals surface area contributed by atoms with E-state index in [4.69, 9.17) is 0 Å². The van der Waals surface area contributed by atoms with Crippen molar-refractivity contribution in [3.63, 3.8) is 0 Å². The second-order valence-electron chi connectivity index (χ2n) is 6.42. The van der Waals surface area contributed by atoms with Gasteiger partial charge in [-0.05, 0) is 48.7 Å². The molecule has 1 N–H and O–H groups in total. The Morgan fingerprint density at radius 3 is 2.53 bits per heavy atom. The molecular formula is C16H25N. The van der Waals surface area contributed by atoms with Crippen LogP contribution in [0.2, 0.25) is 0 Å². The molecular weight excluding hydrogens is 206 g/mol. The van der Waals surface area contributed by atoms with E-state index in [1.165, 1.54) is 31.5 Å². The molecule has 0 bridgehead atoms. The minimum absolute atomic E-state index is 0.432. The van der Waals surface area contributed by atoms with E-state index in [1.54, 1.807) is 0 Å². The molecule has 1 fully saturated rings. The summed E-state index contributed by atoms with van der Waals surface area (Å²) in [7, 11) is 0. The molecule has 1 saturated heterocycles. The lowest BCUT2D eigenvalue weighted by atomic mass is 9.68. The van der Waals surface area contributed by atoms with Gasteiger partial charge in [0.1, 0.15) is 0 Å². The van der Waals surface area contributed by atoms with Crippen molar-refractivity contribution >= 4 is 0 Å². The maximum atomic E-state index is 3.56. The van der Waals surface area contributed by atoms with Gasteiger partial charge in [0.25, 0.3) is 0 Å². The Labute approximate surface area is 106 Å². The summed E-state index contributed by atoms with van der Waals surface area (Å²) in [5.74, 6) is 1.62. The van der Waals surface area contributed by atoms with E-state index in [0.717, 1.165) is 11.8 Å². The van der Waals surface area contributed by atoms with Gasteiger partial charge in [0, 0.05) is 0 Å². The molecule has 1 aromatic rings. The normalized spacial score (nSPS) is 25.8. The number of hydrogen-bond donors (Lipinski definition) is 1. The third-order valence-corrected chi connectivity index (χ3v) is 4.06. The topological polar surface area (TPSA) is 12.0 Å². The Kier molecular flexibility index (Phi) is 3.88. The second kappa shape index (κ2) is 5.22. The minimum Gasteiger partial charge on any atom is -0.316 e. The Balaban J connectivity index is 2.07. The van der Waals surface area contributed by atoms with Crippen molar-refractivity contribution in [2.24, 2.45) is 17.3 Å². The molecule has 0 saturated carbocycles. The standard InChI is InChI=1S/C16H25N/c1-16(2,3)15-9-10-17-12-14(15)11-13-7-5-4-6-8-13/h4-8,14-15,17H,9-12H2,1-3H3/t14-,15?/m0/s1. The summed E-state index contributed by atoms with van der Waals surface area (Å²) in [5, 5.41) is 3.56. The quantitative estimate of drug-likeness (QED) is 0.821. The highest BCUT2D eigenvalue weighted by Crippen LogP contribution is 2.37. The van der Waals surface area contributed by atoms with Crippen LogP contribution in [0.25, 0.3) is 0 Å². The summed E-state index contributed by atoms with van der Waals surface area (Å²) in [5.41, 5.74) is 1.91. The molecule has 17 heavy (non-hydrogen) atoms. The third-order valence-electron chi connectivity index (χ3n) is 4.06. The average molecular weight is 231 g/mol. The lowest BCUT2D eigenvalue weighted by molar-refractivity contribution is 0.118. The maximum Gasteiger partial charge on any atom is -0.00145 e. The van der Waals surface area contributed by atoms with Gasteiger partial charge in [0.05, 0.1) is 0 Å². The van der Waals surface area contributed by atoms with Crippen molar-refractivity contribution in [1.29, 1.82) is 0 Å². The molecule has 1 unspecified atom stereocenters. The number of benzene rings is 1. The van der Waals surface area contributed by atoms with Crippen LogP contribution in [0.15, 0.2) is 30.3 Å². The molecule has 0 aromatic heterocycles. The molecule has 1 heteroatoms. The lowest BCUT2D eigenvalue weighted by Gasteiger charge is -2.41. The van der Waals surface area contributed by atoms with E-state index in [1.807, 2.05) is 0 Å². The Hall–Kier alpha value is -0.820. The summed E-state index contributed by atoms with van der Waals surface area (Å²) in [6.45, 7) is 9.53. The van der Waals surface area contributed by atoms with Gasteiger partial charge >= 0.3 is 0 Å². The highest BCUT2D eigenvalue weighted by atomic mass is 14.9. The van der Waals surface area contributed by atoms with E-state index in [2.05, 4.69) is 56.4 Å². The Morgan fingerprint density at radius 1 is 1.18 bits per heavy atom. The van der Waals surface area contributed by atoms with E-state index in [9.17, 15) is 0 Å². The molecule has 1 nitrogen and oxygen atoms in total. The van der Waals surface area contributed by atoms with Gasteiger partial charge in [-0.15, -0.1) is 0 Å². The molecule has 2 rings (SSSR count). The van der Waals surface area contributed by atoms with Crippen molar-refractivity contribution in [1.82, 2.24) is 5.32 Å². The molecule has 0 amide bonds. The zero-order valence-electron chi connectivity index (χ0n) is 11.4. The van der Waals surface area contributed by atoms with Gasteiger partial charge in [0.15, 0.2) is 0 Å². The van der Waals surface area contributed by atoms with Crippen LogP contribution in [0, 0.1) is 17.3 Å². The highest BCUT2D eigenvalue weighted by molar-refractivity contribution is 5.16. The average Bonchev–Trinajstić information content (AvgIpc) is 2.30. The predicted octanol–water partition coefficient (Wildman–Crippen LogP) is 3.50. The van der Waals surface area contributed by atoms with E-state index >= 15 is 0 Å². The molecule has 0 spiro atoms. The van der Waals surface area contributed by atoms with Crippen LogP contribution in [0.3, 0.4) is 0 Å². The third kappa shape index (κ3) is 3.32. The van der Waals surface area contributed by atoms with Crippen molar-refractivity contribution in [2.75, 3.05) is 13.1 Å². The molecule has 94 valence electrons. The molecule has 2 atom stereocenters. The summed E-state index contributed by atoms with van der Waals surface area (Å²) >= 11 is 0. The van der Waals surface area contributed by atoms with Gasteiger partial charge in [-0.25, -0.2) is 0 Å². The van der Waals surface area contributed by atoms with Crippen LogP contribution in [-0.4, -0.2) is 13.1 Å². The van der Waals surface area contributed by atoms with E-state index < -0.39 is 0 Å². The first-order valence-corrected chi connectivity index (χ1v) is 6.82. The Bertz CT molecular complexity index is 336. The van der Waals surface area contributed by atoms with Gasteiger partial charge in [-0.2, -0.15) is 0 Å². The largest absolute Gasteiger partial charge is 0.316 e. The fourth-order valence-corrected chi connectivity index (χ4v) is 3.19. The first-order valence-electron chi connectivity index (χ1n) is 6.82. The minimum atomic E-state index is 0.432. The Morgan fingerprint density at radius 2 is 1.88 bits per heavy atom. The molecule has 1 heterocycles. The zero-order valence-corrected chi connectivity index (χ0v) is 11.4. The van der Waals surface area contributed by atoms with Gasteiger partial charge in [-0.1, -0.05) is 51.1 Å². The fraction of sp³-hybridized carbons (Fsp3) is 0.625. The van der Waals surface area contributed by atoms with Gasteiger partial charge < -0.3 is 5.32 Å². The fourth-order valence-electron chi connectivity index (χ4n) is 3.19. The van der Waals surface area contributed by atoms with E-state index in [-0.39, 0.29) is 0 Å². The smallest absolute Gasteiger partial charge is 0.00145 e. The molecule has 1 aromatic carbocycles. The van der Waals surface area contributed by atoms with Crippen molar-refractivity contribution in [2.45, 2.75) is 33.6 Å². The van der Waals surface area contributed by atoms with Crippen LogP contribution in [0.1, 0.15) is 32.8 Å². The molecule has 1 aliphatic heterocycles. The first-order chi connectivity index (χ1) is 8.07. The summed E-state index contributed by atoms with van der Waals surface area (Å²) in [6.07, 6.45) is 2.54. The summed E-state index contributed by atoms with van der Waals surface area (Å²) < 4.78 is 0. The van der Waals surface area contributed by atoms with Crippen molar-refractivity contribution in [3.05, 3.63) is 35.9 Å². The van der Waals surface area contributed by atoms with E-state index in [0.29, 0.717) is 5.41 Å². The number of nitrogens with one attached hydrogen (secondary N) is 1. The van der Waals surface area contributed by atoms with Crippen molar-refractivity contribution < 1.29 is 0 Å². The lowest BCUT2D eigenvalue weighted by Crippen LogP contribution is -2.43. The van der Waals surface area contributed by atoms with Gasteiger partial charge in [-0.3, -0.25) is 0 Å². The van der Waals surface area contributed by atoms with Crippen LogP contribution in [0.5, 0.6) is 0 Å². The van der Waals surface area contributed by atoms with Crippen LogP contribution >= 0.6 is 0 Å². The molecule has 0 radical (unpaired) electrons. The first kappa shape index (κ1) is 12.6. The summed E-state index contributed by atoms with van der Waals surface area (Å²) in [6, 6.07) is 10.9. The van der Waals surface area contributed by atoms with Crippen LogP contribution in [-0.2, 0) is 6.42 Å².